The monoisotopic (exact) mass is 246 g/mol. The molecule has 2 aliphatic heterocycles. The molecule has 1 aromatic carbocycles. The first-order chi connectivity index (χ1) is 8.90. The van der Waals surface area contributed by atoms with Gasteiger partial charge in [-0.1, -0.05) is 12.1 Å². The molecule has 1 aromatic rings. The first kappa shape index (κ1) is 11.8. The highest BCUT2D eigenvalue weighted by Crippen LogP contribution is 2.42. The van der Waals surface area contributed by atoms with Gasteiger partial charge in [-0.3, -0.25) is 0 Å². The lowest BCUT2D eigenvalue weighted by molar-refractivity contribution is 0.310. The third-order valence-electron chi connectivity index (χ3n) is 4.34. The zero-order valence-corrected chi connectivity index (χ0v) is 11.0. The molecule has 0 radical (unpaired) electrons. The zero-order chi connectivity index (χ0) is 12.4. The minimum Gasteiger partial charge on any atom is -0.495 e. The van der Waals surface area contributed by atoms with Crippen molar-refractivity contribution < 1.29 is 4.74 Å². The van der Waals surface area contributed by atoms with Crippen molar-refractivity contribution in [1.82, 2.24) is 5.32 Å². The van der Waals surface area contributed by atoms with Gasteiger partial charge < -0.3 is 15.4 Å². The fraction of sp³-hybridized carbons (Fsp3) is 0.600. The summed E-state index contributed by atoms with van der Waals surface area (Å²) in [5.74, 6) is 2.46. The Balaban J connectivity index is 1.91. The number of para-hydroxylation sites is 1. The molecule has 2 atom stereocenters. The summed E-state index contributed by atoms with van der Waals surface area (Å²) in [7, 11) is 1.75. The fourth-order valence-electron chi connectivity index (χ4n) is 3.44. The molecule has 0 amide bonds. The lowest BCUT2D eigenvalue weighted by Crippen LogP contribution is -2.35. The van der Waals surface area contributed by atoms with Gasteiger partial charge in [0.2, 0.25) is 0 Å². The van der Waals surface area contributed by atoms with Crippen LogP contribution >= 0.6 is 0 Å². The molecule has 1 saturated heterocycles. The van der Waals surface area contributed by atoms with Crippen LogP contribution in [0.1, 0.15) is 30.7 Å². The summed E-state index contributed by atoms with van der Waals surface area (Å²) in [5, 5.41) is 7.05. The number of methoxy groups -OCH3 is 1. The average molecular weight is 246 g/mol. The van der Waals surface area contributed by atoms with Gasteiger partial charge in [-0.25, -0.2) is 0 Å². The van der Waals surface area contributed by atoms with E-state index in [1.54, 1.807) is 7.11 Å². The second kappa shape index (κ2) is 5.19. The Kier molecular flexibility index (Phi) is 3.41. The molecule has 0 aromatic heterocycles. The summed E-state index contributed by atoms with van der Waals surface area (Å²) >= 11 is 0. The molecule has 0 saturated carbocycles. The highest BCUT2D eigenvalue weighted by molar-refractivity contribution is 5.64. The van der Waals surface area contributed by atoms with Gasteiger partial charge in [-0.2, -0.15) is 0 Å². The van der Waals surface area contributed by atoms with Crippen molar-refractivity contribution in [3.8, 4) is 5.75 Å². The normalized spacial score (nSPS) is 27.2. The van der Waals surface area contributed by atoms with Gasteiger partial charge in [-0.05, 0) is 55.8 Å². The van der Waals surface area contributed by atoms with Gasteiger partial charge in [0, 0.05) is 6.54 Å². The molecule has 3 nitrogen and oxygen atoms in total. The Morgan fingerprint density at radius 3 is 2.94 bits per heavy atom. The van der Waals surface area contributed by atoms with Gasteiger partial charge in [0.1, 0.15) is 5.75 Å². The second-order valence-corrected chi connectivity index (χ2v) is 5.35. The average Bonchev–Trinajstić information content (AvgIpc) is 2.47. The van der Waals surface area contributed by atoms with Crippen molar-refractivity contribution in [1.29, 1.82) is 0 Å². The van der Waals surface area contributed by atoms with Crippen LogP contribution in [0.15, 0.2) is 18.2 Å². The SMILES string of the molecule is COc1cccc2c1NCCC2C1CCCNC1. The third kappa shape index (κ3) is 2.07. The lowest BCUT2D eigenvalue weighted by Gasteiger charge is -2.35. The molecule has 0 spiro atoms. The van der Waals surface area contributed by atoms with E-state index in [-0.39, 0.29) is 0 Å². The molecule has 98 valence electrons. The molecule has 1 fully saturated rings. The highest BCUT2D eigenvalue weighted by Gasteiger charge is 2.30. The van der Waals surface area contributed by atoms with Crippen molar-refractivity contribution in [3.63, 3.8) is 0 Å². The minimum atomic E-state index is 0.684. The van der Waals surface area contributed by atoms with Crippen LogP contribution in [-0.2, 0) is 0 Å². The molecular formula is C15H22N2O. The van der Waals surface area contributed by atoms with E-state index in [2.05, 4.69) is 22.8 Å². The van der Waals surface area contributed by atoms with Crippen molar-refractivity contribution >= 4 is 5.69 Å². The molecule has 3 rings (SSSR count). The molecule has 18 heavy (non-hydrogen) atoms. The Morgan fingerprint density at radius 2 is 2.17 bits per heavy atom. The zero-order valence-electron chi connectivity index (χ0n) is 11.0. The third-order valence-corrected chi connectivity index (χ3v) is 4.34. The smallest absolute Gasteiger partial charge is 0.142 e. The lowest BCUT2D eigenvalue weighted by atomic mass is 9.77. The van der Waals surface area contributed by atoms with E-state index in [1.165, 1.54) is 43.6 Å². The van der Waals surface area contributed by atoms with Gasteiger partial charge in [0.25, 0.3) is 0 Å². The topological polar surface area (TPSA) is 33.3 Å². The van der Waals surface area contributed by atoms with E-state index >= 15 is 0 Å². The van der Waals surface area contributed by atoms with Crippen molar-refractivity contribution in [3.05, 3.63) is 23.8 Å². The maximum atomic E-state index is 5.47. The molecular weight excluding hydrogens is 224 g/mol. The molecule has 2 unspecified atom stereocenters. The summed E-state index contributed by atoms with van der Waals surface area (Å²) < 4.78 is 5.47. The summed E-state index contributed by atoms with van der Waals surface area (Å²) in [5.41, 5.74) is 2.68. The van der Waals surface area contributed by atoms with Crippen LogP contribution in [0.5, 0.6) is 5.75 Å². The maximum Gasteiger partial charge on any atom is 0.142 e. The molecule has 2 N–H and O–H groups in total. The minimum absolute atomic E-state index is 0.684. The Morgan fingerprint density at radius 1 is 1.22 bits per heavy atom. The van der Waals surface area contributed by atoms with Crippen molar-refractivity contribution in [2.75, 3.05) is 32.1 Å². The quantitative estimate of drug-likeness (QED) is 0.841. The number of benzene rings is 1. The van der Waals surface area contributed by atoms with E-state index in [1.807, 2.05) is 6.07 Å². The number of rotatable bonds is 2. The van der Waals surface area contributed by atoms with Crippen LogP contribution in [0, 0.1) is 5.92 Å². The number of hydrogen-bond acceptors (Lipinski definition) is 3. The Bertz CT molecular complexity index is 413. The molecule has 3 heteroatoms. The van der Waals surface area contributed by atoms with E-state index in [4.69, 9.17) is 4.74 Å². The summed E-state index contributed by atoms with van der Waals surface area (Å²) in [4.78, 5) is 0. The van der Waals surface area contributed by atoms with Crippen LogP contribution in [0.2, 0.25) is 0 Å². The number of nitrogens with one attached hydrogen (secondary N) is 2. The predicted molar refractivity (Wildman–Crippen MR) is 74.4 cm³/mol. The summed E-state index contributed by atoms with van der Waals surface area (Å²) in [6.45, 7) is 3.42. The van der Waals surface area contributed by atoms with Crippen LogP contribution in [-0.4, -0.2) is 26.7 Å². The van der Waals surface area contributed by atoms with Crippen molar-refractivity contribution in [2.45, 2.75) is 25.2 Å². The largest absolute Gasteiger partial charge is 0.495 e. The number of piperidine rings is 1. The van der Waals surface area contributed by atoms with Gasteiger partial charge >= 0.3 is 0 Å². The number of ether oxygens (including phenoxy) is 1. The van der Waals surface area contributed by atoms with E-state index in [9.17, 15) is 0 Å². The maximum absolute atomic E-state index is 5.47. The van der Waals surface area contributed by atoms with Gasteiger partial charge in [0.05, 0.1) is 12.8 Å². The standard InChI is InChI=1S/C15H22N2O/c1-18-14-6-2-5-13-12(7-9-17-15(13)14)11-4-3-8-16-10-11/h2,5-6,11-12,16-17H,3-4,7-10H2,1H3. The van der Waals surface area contributed by atoms with Gasteiger partial charge in [-0.15, -0.1) is 0 Å². The number of hydrogen-bond donors (Lipinski definition) is 2. The summed E-state index contributed by atoms with van der Waals surface area (Å²) in [6.07, 6.45) is 3.91. The van der Waals surface area contributed by atoms with Crippen molar-refractivity contribution in [2.24, 2.45) is 5.92 Å². The van der Waals surface area contributed by atoms with Crippen LogP contribution in [0.3, 0.4) is 0 Å². The van der Waals surface area contributed by atoms with Gasteiger partial charge in [0.15, 0.2) is 0 Å². The van der Waals surface area contributed by atoms with E-state index in [0.29, 0.717) is 5.92 Å². The highest BCUT2D eigenvalue weighted by atomic mass is 16.5. The number of anilines is 1. The number of fused-ring (bicyclic) bond motifs is 1. The van der Waals surface area contributed by atoms with Crippen LogP contribution in [0.4, 0.5) is 5.69 Å². The molecule has 0 aliphatic carbocycles. The first-order valence-electron chi connectivity index (χ1n) is 7.01. The molecule has 0 bridgehead atoms. The van der Waals surface area contributed by atoms with E-state index < -0.39 is 0 Å². The van der Waals surface area contributed by atoms with Crippen LogP contribution in [0.25, 0.3) is 0 Å². The second-order valence-electron chi connectivity index (χ2n) is 5.35. The Hall–Kier alpha value is -1.22. The van der Waals surface area contributed by atoms with Crippen LogP contribution < -0.4 is 15.4 Å². The molecule has 2 heterocycles. The first-order valence-corrected chi connectivity index (χ1v) is 7.01. The predicted octanol–water partition coefficient (Wildman–Crippen LogP) is 2.59. The fourth-order valence-corrected chi connectivity index (χ4v) is 3.44. The molecule has 2 aliphatic rings. The summed E-state index contributed by atoms with van der Waals surface area (Å²) in [6, 6.07) is 6.44. The van der Waals surface area contributed by atoms with E-state index in [0.717, 1.165) is 18.2 Å². The Labute approximate surface area is 109 Å².